The van der Waals surface area contributed by atoms with Crippen LogP contribution in [-0.2, 0) is 19.3 Å². The van der Waals surface area contributed by atoms with Gasteiger partial charge in [0.15, 0.2) is 0 Å². The molecule has 0 aliphatic heterocycles. The first kappa shape index (κ1) is 44.8. The number of aryl methyl sites for hydroxylation is 5. The summed E-state index contributed by atoms with van der Waals surface area (Å²) in [5.41, 5.74) is 15.0. The monoisotopic (exact) mass is 749 g/mol. The lowest BCUT2D eigenvalue weighted by Gasteiger charge is -2.14. The second-order valence-electron chi connectivity index (χ2n) is 16.6. The molecule has 0 saturated carbocycles. The van der Waals surface area contributed by atoms with E-state index >= 15 is 0 Å². The summed E-state index contributed by atoms with van der Waals surface area (Å²) < 4.78 is 0. The van der Waals surface area contributed by atoms with Crippen molar-refractivity contribution < 1.29 is 0 Å². The Morgan fingerprint density at radius 1 is 0.304 bits per heavy atom. The Bertz CT molecular complexity index is 1740. The Morgan fingerprint density at radius 2 is 0.625 bits per heavy atom. The van der Waals surface area contributed by atoms with Gasteiger partial charge in [-0.3, -0.25) is 0 Å². The lowest BCUT2D eigenvalue weighted by Crippen LogP contribution is -1.98. The Balaban J connectivity index is 1.53. The number of unbranched alkanes of at least 4 members (excludes halogenated alkanes) is 15. The van der Waals surface area contributed by atoms with Gasteiger partial charge in [-0.2, -0.15) is 0 Å². The van der Waals surface area contributed by atoms with Crippen molar-refractivity contribution in [1.29, 1.82) is 0 Å². The quantitative estimate of drug-likeness (QED) is 0.0421. The van der Waals surface area contributed by atoms with E-state index < -0.39 is 0 Å². The van der Waals surface area contributed by atoms with Gasteiger partial charge in [-0.15, -0.1) is 0 Å². The molecule has 0 bridgehead atoms. The van der Waals surface area contributed by atoms with Crippen LogP contribution in [0.15, 0.2) is 78.9 Å². The summed E-state index contributed by atoms with van der Waals surface area (Å²) in [6, 6.07) is 30.1. The molecule has 4 aromatic rings. The normalized spacial score (nSPS) is 11.9. The van der Waals surface area contributed by atoms with E-state index in [2.05, 4.69) is 150 Å². The van der Waals surface area contributed by atoms with Crippen molar-refractivity contribution in [2.75, 3.05) is 0 Å². The fourth-order valence-electron chi connectivity index (χ4n) is 7.81. The van der Waals surface area contributed by atoms with Crippen LogP contribution < -0.4 is 0 Å². The number of rotatable bonds is 27. The van der Waals surface area contributed by atoms with Crippen molar-refractivity contribution in [2.45, 2.75) is 169 Å². The van der Waals surface area contributed by atoms with Crippen LogP contribution in [0.4, 0.5) is 0 Å². The highest BCUT2D eigenvalue weighted by atomic mass is 14.1. The maximum absolute atomic E-state index is 2.53. The molecular formula is C56H76. The molecule has 0 radical (unpaired) electrons. The molecule has 56 heavy (non-hydrogen) atoms. The molecule has 0 nitrogen and oxygen atoms in total. The first-order valence-electron chi connectivity index (χ1n) is 22.9. The van der Waals surface area contributed by atoms with Gasteiger partial charge in [-0.05, 0) is 102 Å². The van der Waals surface area contributed by atoms with E-state index in [0.29, 0.717) is 0 Å². The lowest BCUT2D eigenvalue weighted by molar-refractivity contribution is 0.605. The highest BCUT2D eigenvalue weighted by Gasteiger charge is 2.09. The molecule has 0 aliphatic rings. The smallest absolute Gasteiger partial charge is 0.0221 e. The van der Waals surface area contributed by atoms with Crippen molar-refractivity contribution in [1.82, 2.24) is 0 Å². The fourth-order valence-corrected chi connectivity index (χ4v) is 7.81. The second-order valence-corrected chi connectivity index (χ2v) is 16.6. The molecular weight excluding hydrogens is 673 g/mol. The summed E-state index contributed by atoms with van der Waals surface area (Å²) in [5.74, 6) is 0. The predicted octanol–water partition coefficient (Wildman–Crippen LogP) is 17.5. The van der Waals surface area contributed by atoms with E-state index in [9.17, 15) is 0 Å². The van der Waals surface area contributed by atoms with Crippen LogP contribution in [0.1, 0.15) is 198 Å². The van der Waals surface area contributed by atoms with Gasteiger partial charge in [0.05, 0.1) is 0 Å². The summed E-state index contributed by atoms with van der Waals surface area (Å²) in [6.45, 7) is 11.3. The molecule has 4 aromatic carbocycles. The first-order chi connectivity index (χ1) is 27.5. The third kappa shape index (κ3) is 17.1. The van der Waals surface area contributed by atoms with Gasteiger partial charge < -0.3 is 0 Å². The van der Waals surface area contributed by atoms with Gasteiger partial charge >= 0.3 is 0 Å². The average molecular weight is 749 g/mol. The molecule has 0 unspecified atom stereocenters. The zero-order valence-electron chi connectivity index (χ0n) is 36.3. The maximum atomic E-state index is 2.53. The largest absolute Gasteiger partial charge is 0.0654 e. The summed E-state index contributed by atoms with van der Waals surface area (Å²) in [7, 11) is 0. The van der Waals surface area contributed by atoms with Crippen LogP contribution in [0.5, 0.6) is 0 Å². The van der Waals surface area contributed by atoms with E-state index in [0.717, 1.165) is 12.8 Å². The lowest BCUT2D eigenvalue weighted by atomic mass is 9.91. The van der Waals surface area contributed by atoms with E-state index in [1.54, 1.807) is 0 Å². The zero-order valence-corrected chi connectivity index (χ0v) is 36.3. The van der Waals surface area contributed by atoms with E-state index in [4.69, 9.17) is 0 Å². The van der Waals surface area contributed by atoms with Crippen LogP contribution in [-0.4, -0.2) is 0 Å². The number of hydrogen-bond acceptors (Lipinski definition) is 0. The van der Waals surface area contributed by atoms with Crippen LogP contribution >= 0.6 is 0 Å². The molecule has 0 N–H and O–H groups in total. The van der Waals surface area contributed by atoms with Crippen LogP contribution in [0.3, 0.4) is 0 Å². The molecule has 0 aliphatic carbocycles. The van der Waals surface area contributed by atoms with Crippen molar-refractivity contribution in [3.63, 3.8) is 0 Å². The molecule has 0 fully saturated rings. The van der Waals surface area contributed by atoms with Crippen LogP contribution in [0.25, 0.3) is 36.5 Å². The Morgan fingerprint density at radius 3 is 1.04 bits per heavy atom. The van der Waals surface area contributed by atoms with Crippen molar-refractivity contribution in [2.24, 2.45) is 0 Å². The maximum Gasteiger partial charge on any atom is -0.0221 e. The van der Waals surface area contributed by atoms with Crippen molar-refractivity contribution in [3.05, 3.63) is 140 Å². The minimum absolute atomic E-state index is 1.14. The highest BCUT2D eigenvalue weighted by molar-refractivity contribution is 5.77. The number of benzene rings is 4. The molecule has 300 valence electrons. The SMILES string of the molecule is CCCCCCCCc1ccc(C)cc1/C=C/c1ccc(/C=C/c2cc(CCCCCCCC)c(/C=C/c3ccc(C)cc3)cc2CCCCCCCC)cc1. The molecule has 0 spiro atoms. The second kappa shape index (κ2) is 26.9. The molecule has 0 heterocycles. The summed E-state index contributed by atoms with van der Waals surface area (Å²) in [6.07, 6.45) is 41.4. The molecule has 0 aromatic heterocycles. The first-order valence-corrected chi connectivity index (χ1v) is 22.9. The Hall–Kier alpha value is -3.90. The molecule has 4 rings (SSSR count). The van der Waals surface area contributed by atoms with E-state index in [1.807, 2.05) is 0 Å². The standard InChI is InChI=1S/C56H76/c1-6-9-12-15-18-21-24-51-39-29-47(5)43-54(51)40-36-49-32-34-50(35-33-49)38-42-56-45-52(25-22-19-16-13-10-7-2)55(41-37-48-30-27-46(4)28-31-48)44-53(56)26-23-20-17-14-11-8-3/h27-45H,6-26H2,1-5H3/b40-36+,41-37+,42-38+. The minimum Gasteiger partial charge on any atom is -0.0654 e. The molecule has 0 amide bonds. The number of hydrogen-bond donors (Lipinski definition) is 0. The third-order valence-electron chi connectivity index (χ3n) is 11.5. The summed E-state index contributed by atoms with van der Waals surface area (Å²) >= 11 is 0. The Labute approximate surface area is 344 Å². The van der Waals surface area contributed by atoms with Crippen molar-refractivity contribution >= 4 is 36.5 Å². The van der Waals surface area contributed by atoms with Gasteiger partial charge in [0.1, 0.15) is 0 Å². The van der Waals surface area contributed by atoms with Gasteiger partial charge in [0, 0.05) is 0 Å². The molecule has 0 atom stereocenters. The molecule has 0 heteroatoms. The van der Waals surface area contributed by atoms with E-state index in [1.165, 1.54) is 183 Å². The van der Waals surface area contributed by atoms with Gasteiger partial charge in [0.2, 0.25) is 0 Å². The Kier molecular flexibility index (Phi) is 21.5. The van der Waals surface area contributed by atoms with E-state index in [-0.39, 0.29) is 0 Å². The van der Waals surface area contributed by atoms with Crippen molar-refractivity contribution in [3.8, 4) is 0 Å². The zero-order chi connectivity index (χ0) is 39.6. The highest BCUT2D eigenvalue weighted by Crippen LogP contribution is 2.27. The van der Waals surface area contributed by atoms with Gasteiger partial charge in [-0.25, -0.2) is 0 Å². The minimum atomic E-state index is 1.14. The third-order valence-corrected chi connectivity index (χ3v) is 11.5. The average Bonchev–Trinajstić information content (AvgIpc) is 3.21. The van der Waals surface area contributed by atoms with Gasteiger partial charge in [0.25, 0.3) is 0 Å². The summed E-state index contributed by atoms with van der Waals surface area (Å²) in [4.78, 5) is 0. The van der Waals surface area contributed by atoms with Gasteiger partial charge in [-0.1, -0.05) is 244 Å². The fraction of sp³-hybridized carbons (Fsp3) is 0.464. The summed E-state index contributed by atoms with van der Waals surface area (Å²) in [5, 5.41) is 0. The topological polar surface area (TPSA) is 0 Å². The van der Waals surface area contributed by atoms with Crippen LogP contribution in [0.2, 0.25) is 0 Å². The predicted molar refractivity (Wildman–Crippen MR) is 253 cm³/mol. The molecule has 0 saturated heterocycles. The van der Waals surface area contributed by atoms with Crippen LogP contribution in [0, 0.1) is 13.8 Å².